The van der Waals surface area contributed by atoms with Gasteiger partial charge in [-0.3, -0.25) is 4.79 Å². The van der Waals surface area contributed by atoms with Crippen molar-refractivity contribution in [2.75, 3.05) is 6.61 Å². The maximum absolute atomic E-state index is 12.6. The summed E-state index contributed by atoms with van der Waals surface area (Å²) < 4.78 is 0. The summed E-state index contributed by atoms with van der Waals surface area (Å²) in [7, 11) is 0. The number of nitrogens with one attached hydrogen (secondary N) is 1. The molecule has 4 unspecified atom stereocenters. The van der Waals surface area contributed by atoms with Gasteiger partial charge in [0.2, 0.25) is 5.91 Å². The summed E-state index contributed by atoms with van der Waals surface area (Å²) in [6.45, 7) is 4.07. The molecule has 0 fully saturated rings. The van der Waals surface area contributed by atoms with Gasteiger partial charge < -0.3 is 25.7 Å². The van der Waals surface area contributed by atoms with Crippen molar-refractivity contribution in [1.82, 2.24) is 5.32 Å². The number of amides is 1. The summed E-state index contributed by atoms with van der Waals surface area (Å²) >= 11 is 0. The van der Waals surface area contributed by atoms with Crippen molar-refractivity contribution in [2.45, 2.75) is 321 Å². The third-order valence-corrected chi connectivity index (χ3v) is 13.5. The molecule has 5 N–H and O–H groups in total. The molecule has 0 saturated carbocycles. The Bertz CT molecular complexity index is 1090. The minimum atomic E-state index is -1.29. The highest BCUT2D eigenvalue weighted by Gasteiger charge is 2.28. The lowest BCUT2D eigenvalue weighted by molar-refractivity contribution is -0.132. The Morgan fingerprint density at radius 3 is 1.05 bits per heavy atom. The average Bonchev–Trinajstić information content (AvgIpc) is 3.32. The first-order valence-electron chi connectivity index (χ1n) is 29.0. The second-order valence-electron chi connectivity index (χ2n) is 20.0. The molecule has 1 amide bonds. The van der Waals surface area contributed by atoms with Crippen molar-refractivity contribution in [3.8, 4) is 0 Å². The van der Waals surface area contributed by atoms with Gasteiger partial charge in [0.25, 0.3) is 0 Å². The number of allylic oxidation sites excluding steroid dienone is 8. The number of unbranched alkanes of at least 4 members (excludes halogenated alkanes) is 36. The van der Waals surface area contributed by atoms with E-state index in [0.29, 0.717) is 19.3 Å². The Morgan fingerprint density at radius 2 is 0.682 bits per heavy atom. The summed E-state index contributed by atoms with van der Waals surface area (Å²) in [5, 5.41) is 44.0. The Morgan fingerprint density at radius 1 is 0.379 bits per heavy atom. The van der Waals surface area contributed by atoms with Crippen LogP contribution in [0.2, 0.25) is 0 Å². The molecule has 0 aromatic heterocycles. The summed E-state index contributed by atoms with van der Waals surface area (Å²) in [4.78, 5) is 12.6. The van der Waals surface area contributed by atoms with Crippen LogP contribution in [-0.2, 0) is 4.79 Å². The van der Waals surface area contributed by atoms with Crippen LogP contribution in [0.25, 0.3) is 0 Å². The van der Waals surface area contributed by atoms with Crippen LogP contribution in [0.4, 0.5) is 0 Å². The van der Waals surface area contributed by atoms with Crippen molar-refractivity contribution in [1.29, 1.82) is 0 Å². The van der Waals surface area contributed by atoms with E-state index < -0.39 is 36.9 Å². The highest BCUT2D eigenvalue weighted by Crippen LogP contribution is 2.17. The van der Waals surface area contributed by atoms with Gasteiger partial charge in [0.1, 0.15) is 12.2 Å². The first-order valence-corrected chi connectivity index (χ1v) is 29.0. The van der Waals surface area contributed by atoms with Crippen molar-refractivity contribution in [3.05, 3.63) is 48.6 Å². The second-order valence-corrected chi connectivity index (χ2v) is 20.0. The molecule has 0 bridgehead atoms. The lowest BCUT2D eigenvalue weighted by Gasteiger charge is -2.27. The van der Waals surface area contributed by atoms with E-state index >= 15 is 0 Å². The van der Waals surface area contributed by atoms with Crippen LogP contribution in [0, 0.1) is 0 Å². The predicted molar refractivity (Wildman–Crippen MR) is 288 cm³/mol. The molecule has 0 aliphatic rings. The van der Waals surface area contributed by atoms with Crippen molar-refractivity contribution < 1.29 is 25.2 Å². The minimum Gasteiger partial charge on any atom is -0.394 e. The normalized spacial score (nSPS) is 14.1. The molecule has 4 atom stereocenters. The Hall–Kier alpha value is -1.73. The fourth-order valence-corrected chi connectivity index (χ4v) is 8.92. The summed E-state index contributed by atoms with van der Waals surface area (Å²) in [6.07, 6.45) is 69.0. The zero-order valence-corrected chi connectivity index (χ0v) is 43.9. The van der Waals surface area contributed by atoms with Gasteiger partial charge in [0.05, 0.1) is 18.8 Å². The molecule has 0 aromatic carbocycles. The van der Waals surface area contributed by atoms with Gasteiger partial charge >= 0.3 is 0 Å². The van der Waals surface area contributed by atoms with Gasteiger partial charge in [-0.25, -0.2) is 0 Å². The number of aliphatic hydroxyl groups is 4. The fourth-order valence-electron chi connectivity index (χ4n) is 8.92. The standard InChI is InChI=1S/C60H113NO5/c1-3-5-7-9-11-13-15-17-19-21-23-25-27-29-30-32-33-35-37-39-41-43-45-47-49-51-53-57(63)59(65)56(55-62)61-60(66)58(64)54-52-50-48-46-44-42-40-38-36-34-31-28-26-24-22-20-18-16-14-12-10-8-6-4-2/h24,26,31,34,37,39,45,47,56-59,62-65H,3-23,25,27-30,32-33,35-36,38,40-44,46,48-55H2,1-2H3,(H,61,66)/b26-24-,34-31-,39-37+,47-45+. The van der Waals surface area contributed by atoms with Gasteiger partial charge in [0, 0.05) is 0 Å². The lowest BCUT2D eigenvalue weighted by Crippen LogP contribution is -2.53. The van der Waals surface area contributed by atoms with E-state index in [1.54, 1.807) is 0 Å². The molecular weight excluding hydrogens is 815 g/mol. The number of carbonyl (C=O) groups excluding carboxylic acids is 1. The first kappa shape index (κ1) is 64.3. The fraction of sp³-hybridized carbons (Fsp3) is 0.850. The molecule has 0 radical (unpaired) electrons. The van der Waals surface area contributed by atoms with Crippen molar-refractivity contribution in [2.24, 2.45) is 0 Å². The van der Waals surface area contributed by atoms with Gasteiger partial charge in [0.15, 0.2) is 0 Å². The van der Waals surface area contributed by atoms with E-state index in [1.807, 2.05) is 0 Å². The molecule has 6 nitrogen and oxygen atoms in total. The van der Waals surface area contributed by atoms with Crippen molar-refractivity contribution in [3.63, 3.8) is 0 Å². The second kappa shape index (κ2) is 54.2. The quantitative estimate of drug-likeness (QED) is 0.0308. The van der Waals surface area contributed by atoms with Crippen LogP contribution in [0.5, 0.6) is 0 Å². The lowest BCUT2D eigenvalue weighted by atomic mass is 10.00. The predicted octanol–water partition coefficient (Wildman–Crippen LogP) is 17.0. The Kier molecular flexibility index (Phi) is 52.8. The van der Waals surface area contributed by atoms with E-state index in [4.69, 9.17) is 0 Å². The van der Waals surface area contributed by atoms with Gasteiger partial charge in [-0.1, -0.05) is 262 Å². The average molecular weight is 929 g/mol. The summed E-state index contributed by atoms with van der Waals surface area (Å²) in [6, 6.07) is -1.01. The molecule has 0 heterocycles. The molecule has 0 rings (SSSR count). The molecule has 0 aromatic rings. The van der Waals surface area contributed by atoms with Crippen LogP contribution in [-0.4, -0.2) is 57.3 Å². The first-order chi connectivity index (χ1) is 32.5. The zero-order valence-electron chi connectivity index (χ0n) is 43.9. The highest BCUT2D eigenvalue weighted by atomic mass is 16.3. The molecule has 0 spiro atoms. The van der Waals surface area contributed by atoms with Crippen LogP contribution < -0.4 is 5.32 Å². The Labute approximate surface area is 410 Å². The monoisotopic (exact) mass is 928 g/mol. The zero-order chi connectivity index (χ0) is 48.1. The molecule has 0 saturated heterocycles. The van der Waals surface area contributed by atoms with Gasteiger partial charge in [-0.15, -0.1) is 0 Å². The number of aliphatic hydroxyl groups excluding tert-OH is 4. The van der Waals surface area contributed by atoms with Gasteiger partial charge in [-0.2, -0.15) is 0 Å². The number of carbonyl (C=O) groups is 1. The smallest absolute Gasteiger partial charge is 0.249 e. The molecule has 6 heteroatoms. The minimum absolute atomic E-state index is 0.352. The van der Waals surface area contributed by atoms with E-state index in [2.05, 4.69) is 67.8 Å². The van der Waals surface area contributed by atoms with Crippen molar-refractivity contribution >= 4 is 5.91 Å². The highest BCUT2D eigenvalue weighted by molar-refractivity contribution is 5.80. The van der Waals surface area contributed by atoms with E-state index in [9.17, 15) is 25.2 Å². The number of hydrogen-bond acceptors (Lipinski definition) is 5. The molecule has 0 aliphatic heterocycles. The van der Waals surface area contributed by atoms with E-state index in [0.717, 1.165) is 51.4 Å². The third-order valence-electron chi connectivity index (χ3n) is 13.5. The molecular formula is C60H113NO5. The maximum Gasteiger partial charge on any atom is 0.249 e. The summed E-state index contributed by atoms with van der Waals surface area (Å²) in [5.74, 6) is -0.600. The Balaban J connectivity index is 3.70. The van der Waals surface area contributed by atoms with Crippen LogP contribution in [0.15, 0.2) is 48.6 Å². The largest absolute Gasteiger partial charge is 0.394 e. The van der Waals surface area contributed by atoms with Crippen LogP contribution >= 0.6 is 0 Å². The summed E-state index contributed by atoms with van der Waals surface area (Å²) in [5.41, 5.74) is 0. The SMILES string of the molecule is CCCCCCCCCCC/C=C\C/C=C\CCCCCCCCCCC(O)C(=O)NC(CO)C(O)C(O)CCC/C=C/CC/C=C/CCCCCCCCCCCCCCCCCCC. The molecule has 0 aliphatic carbocycles. The number of hydrogen-bond donors (Lipinski definition) is 5. The molecule has 388 valence electrons. The topological polar surface area (TPSA) is 110 Å². The maximum atomic E-state index is 12.6. The van der Waals surface area contributed by atoms with Gasteiger partial charge in [-0.05, 0) is 83.5 Å². The van der Waals surface area contributed by atoms with E-state index in [-0.39, 0.29) is 0 Å². The molecule has 66 heavy (non-hydrogen) atoms. The van der Waals surface area contributed by atoms with E-state index in [1.165, 1.54) is 212 Å². The number of rotatable bonds is 53. The van der Waals surface area contributed by atoms with Crippen LogP contribution in [0.1, 0.15) is 296 Å². The third kappa shape index (κ3) is 47.3. The van der Waals surface area contributed by atoms with Crippen LogP contribution in [0.3, 0.4) is 0 Å².